The molecule has 25 heavy (non-hydrogen) atoms. The molecule has 3 rings (SSSR count). The van der Waals surface area contributed by atoms with Gasteiger partial charge in [0.25, 0.3) is 5.91 Å². The average Bonchev–Trinajstić information content (AvgIpc) is 3.02. The van der Waals surface area contributed by atoms with Crippen LogP contribution in [0.5, 0.6) is 5.75 Å². The first kappa shape index (κ1) is 17.7. The summed E-state index contributed by atoms with van der Waals surface area (Å²) in [4.78, 5) is 19.7. The number of thiazole rings is 1. The van der Waals surface area contributed by atoms with Crippen LogP contribution in [0.25, 0.3) is 0 Å². The molecule has 6 heteroatoms. The topological polar surface area (TPSA) is 68.5 Å². The van der Waals surface area contributed by atoms with E-state index in [2.05, 4.69) is 11.9 Å². The van der Waals surface area contributed by atoms with Crippen LogP contribution in [0.1, 0.15) is 40.7 Å². The minimum atomic E-state index is 0.0612. The summed E-state index contributed by atoms with van der Waals surface area (Å²) in [6, 6.07) is 8.09. The fraction of sp³-hybridized carbons (Fsp3) is 0.474. The number of nitrogens with two attached hydrogens (primary N) is 1. The monoisotopic (exact) mass is 359 g/mol. The van der Waals surface area contributed by atoms with Gasteiger partial charge in [-0.3, -0.25) is 4.79 Å². The molecule has 1 saturated heterocycles. The van der Waals surface area contributed by atoms with Gasteiger partial charge in [0.1, 0.15) is 10.6 Å². The Hall–Kier alpha value is -2.08. The van der Waals surface area contributed by atoms with E-state index in [0.717, 1.165) is 43.8 Å². The number of aromatic nitrogens is 1. The highest BCUT2D eigenvalue weighted by Crippen LogP contribution is 2.26. The number of amides is 1. The van der Waals surface area contributed by atoms with Gasteiger partial charge in [-0.1, -0.05) is 36.0 Å². The molecule has 134 valence electrons. The van der Waals surface area contributed by atoms with Gasteiger partial charge >= 0.3 is 0 Å². The van der Waals surface area contributed by atoms with E-state index < -0.39 is 0 Å². The standard InChI is InChI=1S/C19H25N3O2S/c1-3-16-17(25-19(20)21-16)18(23)22-10-4-5-14(11-22)12-24-15-8-6-13(2)7-9-15/h6-9,14H,3-5,10-12H2,1-2H3,(H2,20,21). The van der Waals surface area contributed by atoms with Crippen LogP contribution in [0, 0.1) is 12.8 Å². The van der Waals surface area contributed by atoms with Crippen molar-refractivity contribution in [1.29, 1.82) is 0 Å². The Morgan fingerprint density at radius 2 is 2.16 bits per heavy atom. The number of anilines is 1. The molecule has 1 aliphatic rings. The van der Waals surface area contributed by atoms with Gasteiger partial charge in [0.15, 0.2) is 5.13 Å². The van der Waals surface area contributed by atoms with E-state index in [1.807, 2.05) is 36.1 Å². The SMILES string of the molecule is CCc1nc(N)sc1C(=O)N1CCCC(COc2ccc(C)cc2)C1. The maximum Gasteiger partial charge on any atom is 0.265 e. The second-order valence-corrected chi connectivity index (χ2v) is 7.60. The Labute approximate surface area is 152 Å². The highest BCUT2D eigenvalue weighted by molar-refractivity contribution is 7.17. The summed E-state index contributed by atoms with van der Waals surface area (Å²) in [5.74, 6) is 1.30. The van der Waals surface area contributed by atoms with Crippen molar-refractivity contribution in [2.75, 3.05) is 25.4 Å². The zero-order valence-electron chi connectivity index (χ0n) is 14.8. The third-order valence-electron chi connectivity index (χ3n) is 4.56. The number of ether oxygens (including phenoxy) is 1. The molecule has 0 aliphatic carbocycles. The molecule has 5 nitrogen and oxygen atoms in total. The van der Waals surface area contributed by atoms with Gasteiger partial charge in [-0.05, 0) is 38.3 Å². The van der Waals surface area contributed by atoms with E-state index >= 15 is 0 Å². The molecule has 1 aliphatic heterocycles. The first-order valence-electron chi connectivity index (χ1n) is 8.80. The van der Waals surface area contributed by atoms with Crippen molar-refractivity contribution < 1.29 is 9.53 Å². The molecule has 0 bridgehead atoms. The Kier molecular flexibility index (Phi) is 5.58. The number of nitrogens with zero attached hydrogens (tertiary/aromatic N) is 2. The van der Waals surface area contributed by atoms with Crippen LogP contribution in [-0.4, -0.2) is 35.5 Å². The predicted octanol–water partition coefficient (Wildman–Crippen LogP) is 3.53. The Morgan fingerprint density at radius 1 is 1.40 bits per heavy atom. The number of benzene rings is 1. The number of piperidine rings is 1. The van der Waals surface area contributed by atoms with Crippen molar-refractivity contribution >= 4 is 22.4 Å². The lowest BCUT2D eigenvalue weighted by Gasteiger charge is -2.32. The summed E-state index contributed by atoms with van der Waals surface area (Å²) in [6.45, 7) is 6.22. The molecule has 2 heterocycles. The van der Waals surface area contributed by atoms with Gasteiger partial charge in [0, 0.05) is 19.0 Å². The van der Waals surface area contributed by atoms with Gasteiger partial charge in [-0.25, -0.2) is 4.98 Å². The maximum atomic E-state index is 12.9. The van der Waals surface area contributed by atoms with Crippen LogP contribution in [0.4, 0.5) is 5.13 Å². The lowest BCUT2D eigenvalue weighted by molar-refractivity contribution is 0.0637. The van der Waals surface area contributed by atoms with Crippen LogP contribution in [0.15, 0.2) is 24.3 Å². The van der Waals surface area contributed by atoms with E-state index in [9.17, 15) is 4.79 Å². The number of rotatable bonds is 5. The zero-order chi connectivity index (χ0) is 17.8. The molecule has 1 amide bonds. The van der Waals surface area contributed by atoms with E-state index in [4.69, 9.17) is 10.5 Å². The third kappa shape index (κ3) is 4.31. The fourth-order valence-corrected chi connectivity index (χ4v) is 4.04. The molecule has 1 aromatic carbocycles. The molecule has 1 atom stereocenters. The molecule has 0 spiro atoms. The van der Waals surface area contributed by atoms with Crippen LogP contribution in [0.2, 0.25) is 0 Å². The second kappa shape index (κ2) is 7.87. The summed E-state index contributed by atoms with van der Waals surface area (Å²) < 4.78 is 5.92. The number of likely N-dealkylation sites (tertiary alicyclic amines) is 1. The first-order chi connectivity index (χ1) is 12.1. The van der Waals surface area contributed by atoms with Crippen LogP contribution in [-0.2, 0) is 6.42 Å². The van der Waals surface area contributed by atoms with Crippen molar-refractivity contribution in [1.82, 2.24) is 9.88 Å². The number of carbonyl (C=O) groups excluding carboxylic acids is 1. The van der Waals surface area contributed by atoms with Crippen LogP contribution in [0.3, 0.4) is 0 Å². The normalized spacial score (nSPS) is 17.5. The van der Waals surface area contributed by atoms with E-state index in [1.165, 1.54) is 16.9 Å². The Morgan fingerprint density at radius 3 is 2.88 bits per heavy atom. The van der Waals surface area contributed by atoms with Crippen molar-refractivity contribution in [3.05, 3.63) is 40.4 Å². The first-order valence-corrected chi connectivity index (χ1v) is 9.62. The van der Waals surface area contributed by atoms with Gasteiger partial charge < -0.3 is 15.4 Å². The van der Waals surface area contributed by atoms with Crippen LogP contribution < -0.4 is 10.5 Å². The quantitative estimate of drug-likeness (QED) is 0.887. The summed E-state index contributed by atoms with van der Waals surface area (Å²) in [5, 5.41) is 0.469. The molecule has 2 aromatic rings. The van der Waals surface area contributed by atoms with E-state index in [0.29, 0.717) is 22.5 Å². The number of nitrogen functional groups attached to an aromatic ring is 1. The second-order valence-electron chi connectivity index (χ2n) is 6.56. The Bertz CT molecular complexity index is 727. The van der Waals surface area contributed by atoms with E-state index in [-0.39, 0.29) is 5.91 Å². The van der Waals surface area contributed by atoms with Gasteiger partial charge in [0.2, 0.25) is 0 Å². The molecular formula is C19H25N3O2S. The number of hydrogen-bond donors (Lipinski definition) is 1. The third-order valence-corrected chi connectivity index (χ3v) is 5.47. The van der Waals surface area contributed by atoms with Crippen molar-refractivity contribution in [2.45, 2.75) is 33.1 Å². The maximum absolute atomic E-state index is 12.9. The Balaban J connectivity index is 1.60. The zero-order valence-corrected chi connectivity index (χ0v) is 15.6. The lowest BCUT2D eigenvalue weighted by Crippen LogP contribution is -2.41. The van der Waals surface area contributed by atoms with Crippen molar-refractivity contribution in [3.8, 4) is 5.75 Å². The van der Waals surface area contributed by atoms with Crippen LogP contribution >= 0.6 is 11.3 Å². The molecular weight excluding hydrogens is 334 g/mol. The molecule has 1 fully saturated rings. The summed E-state index contributed by atoms with van der Waals surface area (Å²) in [7, 11) is 0. The smallest absolute Gasteiger partial charge is 0.265 e. The van der Waals surface area contributed by atoms with E-state index in [1.54, 1.807) is 0 Å². The van der Waals surface area contributed by atoms with Crippen molar-refractivity contribution in [2.24, 2.45) is 5.92 Å². The fourth-order valence-electron chi connectivity index (χ4n) is 3.15. The molecule has 0 saturated carbocycles. The molecule has 1 aromatic heterocycles. The van der Waals surface area contributed by atoms with Gasteiger partial charge in [0.05, 0.1) is 12.3 Å². The molecule has 2 N–H and O–H groups in total. The number of hydrogen-bond acceptors (Lipinski definition) is 5. The molecule has 0 radical (unpaired) electrons. The average molecular weight is 359 g/mol. The highest BCUT2D eigenvalue weighted by Gasteiger charge is 2.27. The number of aryl methyl sites for hydroxylation is 2. The van der Waals surface area contributed by atoms with Gasteiger partial charge in [-0.2, -0.15) is 0 Å². The summed E-state index contributed by atoms with van der Waals surface area (Å²) in [6.07, 6.45) is 2.81. The van der Waals surface area contributed by atoms with Gasteiger partial charge in [-0.15, -0.1) is 0 Å². The minimum absolute atomic E-state index is 0.0612. The van der Waals surface area contributed by atoms with Crippen molar-refractivity contribution in [3.63, 3.8) is 0 Å². The minimum Gasteiger partial charge on any atom is -0.493 e. The highest BCUT2D eigenvalue weighted by atomic mass is 32.1. The summed E-state index contributed by atoms with van der Waals surface area (Å²) in [5.41, 5.74) is 7.82. The number of carbonyl (C=O) groups is 1. The lowest BCUT2D eigenvalue weighted by atomic mass is 9.98. The largest absolute Gasteiger partial charge is 0.493 e. The summed E-state index contributed by atoms with van der Waals surface area (Å²) >= 11 is 1.30. The predicted molar refractivity (Wildman–Crippen MR) is 101 cm³/mol. The molecule has 1 unspecified atom stereocenters.